The van der Waals surface area contributed by atoms with Crippen molar-refractivity contribution in [2.24, 2.45) is 0 Å². The molecule has 0 unspecified atom stereocenters. The maximum Gasteiger partial charge on any atom is 0.251 e. The number of hydrogen-bond acceptors (Lipinski definition) is 5. The Morgan fingerprint density at radius 1 is 0.806 bits per heavy atom. The van der Waals surface area contributed by atoms with Gasteiger partial charge in [0.05, 0.1) is 6.10 Å². The molecule has 0 radical (unpaired) electrons. The molecule has 0 aliphatic carbocycles. The molecule has 0 saturated heterocycles. The molecule has 0 fully saturated rings. The summed E-state index contributed by atoms with van der Waals surface area (Å²) in [5.74, 6) is -1.79. The van der Waals surface area contributed by atoms with E-state index >= 15 is 0 Å². The van der Waals surface area contributed by atoms with Gasteiger partial charge >= 0.3 is 0 Å². The number of benzene rings is 3. The zero-order chi connectivity index (χ0) is 26.1. The van der Waals surface area contributed by atoms with E-state index in [1.807, 2.05) is 54.6 Å². The number of hydrogen-bond donors (Lipinski definition) is 4. The molecule has 4 N–H and O–H groups in total. The Morgan fingerprint density at radius 2 is 1.39 bits per heavy atom. The van der Waals surface area contributed by atoms with Crippen LogP contribution in [0, 0.1) is 0 Å². The minimum absolute atomic E-state index is 0.181. The van der Waals surface area contributed by atoms with Gasteiger partial charge in [0.25, 0.3) is 5.91 Å². The summed E-state index contributed by atoms with van der Waals surface area (Å²) in [4.78, 5) is 38.1. The third-order valence-corrected chi connectivity index (χ3v) is 6.03. The van der Waals surface area contributed by atoms with Crippen LogP contribution in [-0.4, -0.2) is 52.6 Å². The molecule has 0 aliphatic rings. The standard InChI is InChI=1S/C29H32N2O5/c1-3-20-9-11-22(12-10-20)23-13-15-24(16-14-23)28(35)30-25(17-21-7-5-4-6-8-21)29(36)31-27(19(2)33)26(34)18-32/h4-16,19,25,27,32-33H,3,17-18H2,1-2H3,(H,30,35)(H,31,36)/t19-,25+,27+/m1/s1. The quantitative estimate of drug-likeness (QED) is 0.331. The maximum absolute atomic E-state index is 13.1. The molecule has 3 aromatic carbocycles. The molecular weight excluding hydrogens is 456 g/mol. The Morgan fingerprint density at radius 3 is 1.92 bits per heavy atom. The van der Waals surface area contributed by atoms with Crippen LogP contribution in [-0.2, 0) is 22.4 Å². The minimum atomic E-state index is -1.28. The van der Waals surface area contributed by atoms with E-state index in [0.29, 0.717) is 5.56 Å². The highest BCUT2D eigenvalue weighted by Gasteiger charge is 2.29. The zero-order valence-electron chi connectivity index (χ0n) is 20.5. The first kappa shape index (κ1) is 26.8. The van der Waals surface area contributed by atoms with E-state index in [2.05, 4.69) is 29.7 Å². The molecule has 36 heavy (non-hydrogen) atoms. The summed E-state index contributed by atoms with van der Waals surface area (Å²) in [5.41, 5.74) is 4.45. The first-order chi connectivity index (χ1) is 17.3. The van der Waals surface area contributed by atoms with Crippen molar-refractivity contribution in [1.82, 2.24) is 10.6 Å². The highest BCUT2D eigenvalue weighted by atomic mass is 16.3. The predicted octanol–water partition coefficient (Wildman–Crippen LogP) is 2.68. The van der Waals surface area contributed by atoms with Gasteiger partial charge in [-0.3, -0.25) is 14.4 Å². The maximum atomic E-state index is 13.1. The zero-order valence-corrected chi connectivity index (χ0v) is 20.5. The lowest BCUT2D eigenvalue weighted by molar-refractivity contribution is -0.132. The van der Waals surface area contributed by atoms with Crippen molar-refractivity contribution >= 4 is 17.6 Å². The fraction of sp³-hybridized carbons (Fsp3) is 0.276. The Balaban J connectivity index is 1.77. The monoisotopic (exact) mass is 488 g/mol. The van der Waals surface area contributed by atoms with Crippen LogP contribution in [0.5, 0.6) is 0 Å². The third kappa shape index (κ3) is 7.10. The van der Waals surface area contributed by atoms with E-state index < -0.39 is 42.4 Å². The van der Waals surface area contributed by atoms with Crippen LogP contribution >= 0.6 is 0 Å². The summed E-state index contributed by atoms with van der Waals surface area (Å²) in [7, 11) is 0. The second kappa shape index (κ2) is 12.8. The van der Waals surface area contributed by atoms with E-state index in [1.54, 1.807) is 12.1 Å². The predicted molar refractivity (Wildman–Crippen MR) is 138 cm³/mol. The van der Waals surface area contributed by atoms with Gasteiger partial charge in [0.2, 0.25) is 5.91 Å². The largest absolute Gasteiger partial charge is 0.391 e. The molecule has 3 aromatic rings. The average Bonchev–Trinajstić information content (AvgIpc) is 2.91. The molecule has 0 bridgehead atoms. The average molecular weight is 489 g/mol. The van der Waals surface area contributed by atoms with E-state index in [0.717, 1.165) is 23.1 Å². The van der Waals surface area contributed by atoms with E-state index in [1.165, 1.54) is 12.5 Å². The summed E-state index contributed by atoms with van der Waals surface area (Å²) >= 11 is 0. The lowest BCUT2D eigenvalue weighted by Gasteiger charge is -2.24. The van der Waals surface area contributed by atoms with Gasteiger partial charge in [-0.2, -0.15) is 0 Å². The first-order valence-electron chi connectivity index (χ1n) is 12.0. The van der Waals surface area contributed by atoms with Crippen LogP contribution < -0.4 is 10.6 Å². The highest BCUT2D eigenvalue weighted by Crippen LogP contribution is 2.21. The van der Waals surface area contributed by atoms with Crippen LogP contribution in [0.3, 0.4) is 0 Å². The summed E-state index contributed by atoms with van der Waals surface area (Å²) in [5, 5.41) is 24.3. The third-order valence-electron chi connectivity index (χ3n) is 6.03. The molecule has 7 nitrogen and oxygen atoms in total. The Bertz CT molecular complexity index is 1160. The van der Waals surface area contributed by atoms with Gasteiger partial charge in [0.15, 0.2) is 5.78 Å². The van der Waals surface area contributed by atoms with Gasteiger partial charge in [-0.1, -0.05) is 73.7 Å². The van der Waals surface area contributed by atoms with Gasteiger partial charge < -0.3 is 20.8 Å². The number of amides is 2. The number of nitrogens with one attached hydrogen (secondary N) is 2. The van der Waals surface area contributed by atoms with Crippen molar-refractivity contribution in [2.75, 3.05) is 6.61 Å². The number of carbonyl (C=O) groups excluding carboxylic acids is 3. The van der Waals surface area contributed by atoms with Gasteiger partial charge in [0, 0.05) is 12.0 Å². The topological polar surface area (TPSA) is 116 Å². The van der Waals surface area contributed by atoms with Gasteiger partial charge in [-0.15, -0.1) is 0 Å². The van der Waals surface area contributed by atoms with Gasteiger partial charge in [0.1, 0.15) is 18.7 Å². The number of aliphatic hydroxyl groups excluding tert-OH is 2. The summed E-state index contributed by atoms with van der Waals surface area (Å²) in [6.45, 7) is 2.63. The smallest absolute Gasteiger partial charge is 0.251 e. The highest BCUT2D eigenvalue weighted by molar-refractivity contribution is 5.99. The van der Waals surface area contributed by atoms with Crippen molar-refractivity contribution in [3.8, 4) is 11.1 Å². The SMILES string of the molecule is CCc1ccc(-c2ccc(C(=O)N[C@@H](Cc3ccccc3)C(=O)N[C@H](C(=O)CO)[C@@H](C)O)cc2)cc1. The molecule has 0 spiro atoms. The number of rotatable bonds is 11. The summed E-state index contributed by atoms with van der Waals surface area (Å²) in [6, 6.07) is 22.2. The molecule has 2 amide bonds. The lowest BCUT2D eigenvalue weighted by atomic mass is 10.0. The number of carbonyl (C=O) groups is 3. The minimum Gasteiger partial charge on any atom is -0.391 e. The summed E-state index contributed by atoms with van der Waals surface area (Å²) < 4.78 is 0. The van der Waals surface area contributed by atoms with Crippen LogP contribution in [0.1, 0.15) is 35.3 Å². The molecule has 0 aliphatic heterocycles. The van der Waals surface area contributed by atoms with Gasteiger partial charge in [-0.05, 0) is 47.7 Å². The van der Waals surface area contributed by atoms with Crippen LogP contribution in [0.15, 0.2) is 78.9 Å². The molecule has 188 valence electrons. The van der Waals surface area contributed by atoms with Crippen LogP contribution in [0.25, 0.3) is 11.1 Å². The second-order valence-corrected chi connectivity index (χ2v) is 8.69. The first-order valence-corrected chi connectivity index (χ1v) is 12.0. The Kier molecular flexibility index (Phi) is 9.50. The normalized spacial score (nSPS) is 13.3. The second-order valence-electron chi connectivity index (χ2n) is 8.69. The molecule has 0 saturated carbocycles. The molecule has 0 aromatic heterocycles. The lowest BCUT2D eigenvalue weighted by Crippen LogP contribution is -2.55. The molecule has 0 heterocycles. The van der Waals surface area contributed by atoms with Crippen molar-refractivity contribution in [1.29, 1.82) is 0 Å². The molecule has 3 rings (SSSR count). The van der Waals surface area contributed by atoms with E-state index in [-0.39, 0.29) is 6.42 Å². The summed E-state index contributed by atoms with van der Waals surface area (Å²) in [6.07, 6.45) is -0.0655. The van der Waals surface area contributed by atoms with Crippen LogP contribution in [0.4, 0.5) is 0 Å². The number of aliphatic hydroxyl groups is 2. The molecular formula is C29H32N2O5. The molecule has 3 atom stereocenters. The molecule has 7 heteroatoms. The number of Topliss-reactive ketones (excluding diaryl/α,β-unsaturated/α-hetero) is 1. The number of ketones is 1. The van der Waals surface area contributed by atoms with E-state index in [9.17, 15) is 24.6 Å². The van der Waals surface area contributed by atoms with Crippen molar-refractivity contribution in [3.63, 3.8) is 0 Å². The van der Waals surface area contributed by atoms with Crippen molar-refractivity contribution in [3.05, 3.63) is 95.6 Å². The van der Waals surface area contributed by atoms with Gasteiger partial charge in [-0.25, -0.2) is 0 Å². The fourth-order valence-electron chi connectivity index (χ4n) is 3.87. The Hall–Kier alpha value is -3.81. The van der Waals surface area contributed by atoms with Crippen LogP contribution in [0.2, 0.25) is 0 Å². The fourth-order valence-corrected chi connectivity index (χ4v) is 3.87. The van der Waals surface area contributed by atoms with E-state index in [4.69, 9.17) is 0 Å². The number of aryl methyl sites for hydroxylation is 1. The Labute approximate surface area is 211 Å². The van der Waals surface area contributed by atoms with Crippen molar-refractivity contribution in [2.45, 2.75) is 44.9 Å². The van der Waals surface area contributed by atoms with Crippen molar-refractivity contribution < 1.29 is 24.6 Å².